The Balaban J connectivity index is 1.59. The maximum absolute atomic E-state index is 12.2. The van der Waals surface area contributed by atoms with Gasteiger partial charge in [-0.15, -0.1) is 0 Å². The van der Waals surface area contributed by atoms with Crippen LogP contribution in [0.3, 0.4) is 0 Å². The molecule has 1 aromatic carbocycles. The standard InChI is InChI=1S/C19H25F3N2O3/c20-19(21,22)11-10-17(25)24-15-8-6-14(7-9-15)18(26)23-12-13-27-16-4-2-1-3-5-16/h1-5,14-15H,6-13H2,(H,23,26)(H,24,25). The minimum absolute atomic E-state index is 0.0477. The highest BCUT2D eigenvalue weighted by Crippen LogP contribution is 2.25. The van der Waals surface area contributed by atoms with Crippen LogP contribution in [0.15, 0.2) is 30.3 Å². The van der Waals surface area contributed by atoms with E-state index in [9.17, 15) is 22.8 Å². The molecule has 0 unspecified atom stereocenters. The quantitative estimate of drug-likeness (QED) is 0.675. The van der Waals surface area contributed by atoms with Gasteiger partial charge in [0.05, 0.1) is 13.0 Å². The van der Waals surface area contributed by atoms with Crippen LogP contribution in [0.4, 0.5) is 13.2 Å². The van der Waals surface area contributed by atoms with Crippen molar-refractivity contribution >= 4 is 11.8 Å². The molecule has 0 heterocycles. The summed E-state index contributed by atoms with van der Waals surface area (Å²) < 4.78 is 41.9. The largest absolute Gasteiger partial charge is 0.492 e. The number of amides is 2. The minimum Gasteiger partial charge on any atom is -0.492 e. The van der Waals surface area contributed by atoms with Gasteiger partial charge in [-0.2, -0.15) is 13.2 Å². The van der Waals surface area contributed by atoms with Crippen molar-refractivity contribution in [2.45, 2.75) is 50.7 Å². The van der Waals surface area contributed by atoms with Crippen LogP contribution >= 0.6 is 0 Å². The summed E-state index contributed by atoms with van der Waals surface area (Å²) in [4.78, 5) is 23.7. The summed E-state index contributed by atoms with van der Waals surface area (Å²) in [6.45, 7) is 0.780. The first-order valence-corrected chi connectivity index (χ1v) is 9.15. The van der Waals surface area contributed by atoms with E-state index >= 15 is 0 Å². The van der Waals surface area contributed by atoms with E-state index in [1.165, 1.54) is 0 Å². The fourth-order valence-corrected chi connectivity index (χ4v) is 3.06. The maximum atomic E-state index is 12.2. The van der Waals surface area contributed by atoms with E-state index in [1.807, 2.05) is 30.3 Å². The second-order valence-corrected chi connectivity index (χ2v) is 6.68. The van der Waals surface area contributed by atoms with Crippen LogP contribution in [-0.2, 0) is 9.59 Å². The van der Waals surface area contributed by atoms with Crippen molar-refractivity contribution in [2.24, 2.45) is 5.92 Å². The van der Waals surface area contributed by atoms with Crippen molar-refractivity contribution in [1.29, 1.82) is 0 Å². The molecular formula is C19H25F3N2O3. The molecular weight excluding hydrogens is 361 g/mol. The average Bonchev–Trinajstić information content (AvgIpc) is 2.64. The number of rotatable bonds is 8. The monoisotopic (exact) mass is 386 g/mol. The molecule has 2 amide bonds. The van der Waals surface area contributed by atoms with Crippen molar-refractivity contribution in [3.8, 4) is 5.75 Å². The van der Waals surface area contributed by atoms with E-state index in [4.69, 9.17) is 4.74 Å². The molecule has 1 aliphatic carbocycles. The smallest absolute Gasteiger partial charge is 0.389 e. The van der Waals surface area contributed by atoms with Crippen LogP contribution in [0.25, 0.3) is 0 Å². The van der Waals surface area contributed by atoms with Crippen molar-refractivity contribution in [3.63, 3.8) is 0 Å². The lowest BCUT2D eigenvalue weighted by Crippen LogP contribution is -2.41. The molecule has 150 valence electrons. The van der Waals surface area contributed by atoms with Gasteiger partial charge in [-0.1, -0.05) is 18.2 Å². The maximum Gasteiger partial charge on any atom is 0.389 e. The molecule has 8 heteroatoms. The molecule has 0 atom stereocenters. The topological polar surface area (TPSA) is 67.4 Å². The normalized spacial score (nSPS) is 20.0. The third kappa shape index (κ3) is 8.32. The summed E-state index contributed by atoms with van der Waals surface area (Å²) in [6.07, 6.45) is -3.58. The van der Waals surface area contributed by atoms with Gasteiger partial charge < -0.3 is 15.4 Å². The number of alkyl halides is 3. The zero-order chi connectivity index (χ0) is 19.7. The van der Waals surface area contributed by atoms with Gasteiger partial charge in [-0.05, 0) is 37.8 Å². The van der Waals surface area contributed by atoms with Crippen LogP contribution in [-0.4, -0.2) is 37.2 Å². The van der Waals surface area contributed by atoms with Crippen molar-refractivity contribution in [2.75, 3.05) is 13.2 Å². The molecule has 2 rings (SSSR count). The molecule has 0 bridgehead atoms. The summed E-state index contributed by atoms with van der Waals surface area (Å²) in [6, 6.07) is 9.15. The molecule has 5 nitrogen and oxygen atoms in total. The Kier molecular flexibility index (Phi) is 7.94. The number of hydrogen-bond acceptors (Lipinski definition) is 3. The number of carbonyl (C=O) groups excluding carboxylic acids is 2. The molecule has 1 aromatic rings. The number of halogens is 3. The first-order chi connectivity index (χ1) is 12.8. The van der Waals surface area contributed by atoms with Crippen LogP contribution in [0, 0.1) is 5.92 Å². The summed E-state index contributed by atoms with van der Waals surface area (Å²) in [5.74, 6) is -0.0228. The third-order valence-electron chi connectivity index (χ3n) is 4.51. The number of ether oxygens (including phenoxy) is 1. The van der Waals surface area contributed by atoms with Crippen molar-refractivity contribution < 1.29 is 27.5 Å². The summed E-state index contributed by atoms with van der Waals surface area (Å²) in [7, 11) is 0. The fourth-order valence-electron chi connectivity index (χ4n) is 3.06. The Morgan fingerprint density at radius 2 is 1.74 bits per heavy atom. The Morgan fingerprint density at radius 3 is 2.37 bits per heavy atom. The number of nitrogens with one attached hydrogen (secondary N) is 2. The second-order valence-electron chi connectivity index (χ2n) is 6.68. The van der Waals surface area contributed by atoms with Crippen LogP contribution in [0.5, 0.6) is 5.75 Å². The van der Waals surface area contributed by atoms with E-state index in [2.05, 4.69) is 10.6 Å². The molecule has 27 heavy (non-hydrogen) atoms. The van der Waals surface area contributed by atoms with E-state index in [0.717, 1.165) is 5.75 Å². The highest BCUT2D eigenvalue weighted by atomic mass is 19.4. The highest BCUT2D eigenvalue weighted by molar-refractivity contribution is 5.79. The molecule has 0 spiro atoms. The SMILES string of the molecule is O=C(CCC(F)(F)F)NC1CCC(C(=O)NCCOc2ccccc2)CC1. The van der Waals surface area contributed by atoms with Gasteiger partial charge in [0.2, 0.25) is 11.8 Å². The highest BCUT2D eigenvalue weighted by Gasteiger charge is 2.30. The van der Waals surface area contributed by atoms with E-state index < -0.39 is 24.9 Å². The molecule has 0 aromatic heterocycles. The molecule has 0 radical (unpaired) electrons. The lowest BCUT2D eigenvalue weighted by molar-refractivity contribution is -0.144. The molecule has 1 aliphatic rings. The van der Waals surface area contributed by atoms with Gasteiger partial charge in [-0.25, -0.2) is 0 Å². The molecule has 1 saturated carbocycles. The second kappa shape index (κ2) is 10.2. The zero-order valence-electron chi connectivity index (χ0n) is 15.1. The Labute approximate surface area is 156 Å². The van der Waals surface area contributed by atoms with Crippen LogP contribution < -0.4 is 15.4 Å². The van der Waals surface area contributed by atoms with Crippen LogP contribution in [0.1, 0.15) is 38.5 Å². The van der Waals surface area contributed by atoms with E-state index in [1.54, 1.807) is 0 Å². The summed E-state index contributed by atoms with van der Waals surface area (Å²) >= 11 is 0. The Hall–Kier alpha value is -2.25. The first kappa shape index (κ1) is 21.1. The minimum atomic E-state index is -4.32. The third-order valence-corrected chi connectivity index (χ3v) is 4.51. The van der Waals surface area contributed by atoms with E-state index in [-0.39, 0.29) is 17.9 Å². The van der Waals surface area contributed by atoms with Gasteiger partial charge in [0, 0.05) is 18.4 Å². The lowest BCUT2D eigenvalue weighted by Gasteiger charge is -2.28. The van der Waals surface area contributed by atoms with Crippen LogP contribution in [0.2, 0.25) is 0 Å². The fraction of sp³-hybridized carbons (Fsp3) is 0.579. The Bertz CT molecular complexity index is 600. The summed E-state index contributed by atoms with van der Waals surface area (Å²) in [5, 5.41) is 5.47. The molecule has 2 N–H and O–H groups in total. The van der Waals surface area contributed by atoms with Gasteiger partial charge in [0.25, 0.3) is 0 Å². The molecule has 0 saturated heterocycles. The Morgan fingerprint density at radius 1 is 1.07 bits per heavy atom. The first-order valence-electron chi connectivity index (χ1n) is 9.15. The molecule has 0 aliphatic heterocycles. The number of carbonyl (C=O) groups is 2. The summed E-state index contributed by atoms with van der Waals surface area (Å²) in [5.41, 5.74) is 0. The van der Waals surface area contributed by atoms with Crippen molar-refractivity contribution in [3.05, 3.63) is 30.3 Å². The predicted octanol–water partition coefficient (Wildman–Crippen LogP) is 3.20. The van der Waals surface area contributed by atoms with Crippen molar-refractivity contribution in [1.82, 2.24) is 10.6 Å². The number of benzene rings is 1. The number of para-hydroxylation sites is 1. The van der Waals surface area contributed by atoms with Gasteiger partial charge >= 0.3 is 6.18 Å². The number of hydrogen-bond donors (Lipinski definition) is 2. The zero-order valence-corrected chi connectivity index (χ0v) is 15.1. The predicted molar refractivity (Wildman–Crippen MR) is 94.1 cm³/mol. The lowest BCUT2D eigenvalue weighted by atomic mass is 9.85. The van der Waals surface area contributed by atoms with Gasteiger partial charge in [-0.3, -0.25) is 9.59 Å². The van der Waals surface area contributed by atoms with E-state index in [0.29, 0.717) is 38.8 Å². The van der Waals surface area contributed by atoms with Gasteiger partial charge in [0.1, 0.15) is 12.4 Å². The average molecular weight is 386 g/mol. The van der Waals surface area contributed by atoms with Gasteiger partial charge in [0.15, 0.2) is 0 Å². The molecule has 1 fully saturated rings.